The fourth-order valence-corrected chi connectivity index (χ4v) is 2.04. The normalized spacial score (nSPS) is 23.0. The van der Waals surface area contributed by atoms with Crippen LogP contribution in [0.1, 0.15) is 32.6 Å². The van der Waals surface area contributed by atoms with E-state index < -0.39 is 0 Å². The van der Waals surface area contributed by atoms with Crippen LogP contribution in [0.4, 0.5) is 0 Å². The summed E-state index contributed by atoms with van der Waals surface area (Å²) < 4.78 is 0. The first-order valence-corrected chi connectivity index (χ1v) is 6.12. The molecule has 2 rings (SSSR count). The fraction of sp³-hybridized carbons (Fsp3) is 0.692. The van der Waals surface area contributed by atoms with E-state index >= 15 is 0 Å². The monoisotopic (exact) mass is 218 g/mol. The predicted octanol–water partition coefficient (Wildman–Crippen LogP) is 2.10. The van der Waals surface area contributed by atoms with Gasteiger partial charge in [0.25, 0.3) is 5.91 Å². The molecule has 0 aromatic heterocycles. The Morgan fingerprint density at radius 2 is 1.94 bits per heavy atom. The Hall–Kier alpha value is -1.30. The van der Waals surface area contributed by atoms with Gasteiger partial charge in [-0.3, -0.25) is 4.79 Å². The maximum absolute atomic E-state index is 12.0. The Morgan fingerprint density at radius 1 is 1.31 bits per heavy atom. The second-order valence-corrected chi connectivity index (χ2v) is 5.00. The molecule has 3 heteroatoms. The molecule has 86 valence electrons. The van der Waals surface area contributed by atoms with Crippen LogP contribution in [0.15, 0.2) is 11.6 Å². The number of likely N-dealkylation sites (tertiary alicyclic amines) is 1. The molecule has 0 N–H and O–H groups in total. The van der Waals surface area contributed by atoms with Gasteiger partial charge in [-0.2, -0.15) is 5.26 Å². The summed E-state index contributed by atoms with van der Waals surface area (Å²) in [6, 6.07) is 2.05. The molecular weight excluding hydrogens is 200 g/mol. The second-order valence-electron chi connectivity index (χ2n) is 5.00. The van der Waals surface area contributed by atoms with E-state index in [0.29, 0.717) is 17.4 Å². The molecule has 0 aromatic rings. The van der Waals surface area contributed by atoms with Gasteiger partial charge in [0.2, 0.25) is 0 Å². The number of nitriles is 1. The first-order valence-electron chi connectivity index (χ1n) is 6.12. The minimum Gasteiger partial charge on any atom is -0.338 e. The standard InChI is InChI=1S/C13H18N2O/c1-10-4-6-15(7-5-10)13(16)12(9-14)8-11-2-3-11/h8,10-11H,2-7H2,1H3/b12-8+. The number of hydrogen-bond acceptors (Lipinski definition) is 2. The number of allylic oxidation sites excluding steroid dienone is 1. The number of hydrogen-bond donors (Lipinski definition) is 0. The summed E-state index contributed by atoms with van der Waals surface area (Å²) in [7, 11) is 0. The largest absolute Gasteiger partial charge is 0.338 e. The van der Waals surface area contributed by atoms with Crippen LogP contribution in [0.2, 0.25) is 0 Å². The van der Waals surface area contributed by atoms with Crippen molar-refractivity contribution in [2.75, 3.05) is 13.1 Å². The van der Waals surface area contributed by atoms with E-state index in [4.69, 9.17) is 5.26 Å². The molecule has 1 amide bonds. The molecule has 0 aromatic carbocycles. The third kappa shape index (κ3) is 2.63. The molecule has 3 nitrogen and oxygen atoms in total. The number of nitrogens with zero attached hydrogens (tertiary/aromatic N) is 2. The van der Waals surface area contributed by atoms with E-state index in [1.54, 1.807) is 0 Å². The van der Waals surface area contributed by atoms with Gasteiger partial charge in [0.1, 0.15) is 11.6 Å². The van der Waals surface area contributed by atoms with E-state index in [0.717, 1.165) is 38.8 Å². The van der Waals surface area contributed by atoms with E-state index in [9.17, 15) is 4.79 Å². The van der Waals surface area contributed by atoms with Crippen LogP contribution in [0.3, 0.4) is 0 Å². The zero-order chi connectivity index (χ0) is 11.5. The molecule has 0 radical (unpaired) electrons. The van der Waals surface area contributed by atoms with Crippen LogP contribution < -0.4 is 0 Å². The highest BCUT2D eigenvalue weighted by molar-refractivity contribution is 5.97. The van der Waals surface area contributed by atoms with Gasteiger partial charge < -0.3 is 4.90 Å². The zero-order valence-electron chi connectivity index (χ0n) is 9.78. The van der Waals surface area contributed by atoms with Crippen molar-refractivity contribution in [2.24, 2.45) is 11.8 Å². The topological polar surface area (TPSA) is 44.1 Å². The third-order valence-electron chi connectivity index (χ3n) is 3.45. The van der Waals surface area contributed by atoms with Gasteiger partial charge in [-0.1, -0.05) is 13.0 Å². The van der Waals surface area contributed by atoms with Crippen LogP contribution in [-0.2, 0) is 4.79 Å². The molecule has 1 aliphatic heterocycles. The number of rotatable bonds is 2. The second kappa shape index (κ2) is 4.69. The Balaban J connectivity index is 1.98. The lowest BCUT2D eigenvalue weighted by Crippen LogP contribution is -2.38. The molecule has 2 aliphatic rings. The lowest BCUT2D eigenvalue weighted by Gasteiger charge is -2.30. The first-order chi connectivity index (χ1) is 7.70. The summed E-state index contributed by atoms with van der Waals surface area (Å²) in [5.41, 5.74) is 0.358. The molecule has 1 saturated heterocycles. The summed E-state index contributed by atoms with van der Waals surface area (Å²) in [5.74, 6) is 1.14. The van der Waals surface area contributed by atoms with Crippen molar-refractivity contribution in [3.63, 3.8) is 0 Å². The van der Waals surface area contributed by atoms with Crippen molar-refractivity contribution in [3.05, 3.63) is 11.6 Å². The number of carbonyl (C=O) groups excluding carboxylic acids is 1. The molecule has 0 spiro atoms. The maximum atomic E-state index is 12.0. The number of carbonyl (C=O) groups is 1. The molecule has 0 atom stereocenters. The van der Waals surface area contributed by atoms with Crippen molar-refractivity contribution < 1.29 is 4.79 Å². The fourth-order valence-electron chi connectivity index (χ4n) is 2.04. The van der Waals surface area contributed by atoms with Gasteiger partial charge in [0, 0.05) is 13.1 Å². The van der Waals surface area contributed by atoms with Crippen LogP contribution in [0.5, 0.6) is 0 Å². The highest BCUT2D eigenvalue weighted by Gasteiger charge is 2.26. The highest BCUT2D eigenvalue weighted by atomic mass is 16.2. The number of piperidine rings is 1. The number of amides is 1. The summed E-state index contributed by atoms with van der Waals surface area (Å²) in [6.45, 7) is 3.83. The quantitative estimate of drug-likeness (QED) is 0.526. The average Bonchev–Trinajstić information content (AvgIpc) is 3.10. The zero-order valence-corrected chi connectivity index (χ0v) is 9.78. The van der Waals surface area contributed by atoms with E-state index in [-0.39, 0.29) is 5.91 Å². The molecule has 1 heterocycles. The Kier molecular flexibility index (Phi) is 3.28. The van der Waals surface area contributed by atoms with Crippen LogP contribution in [0, 0.1) is 23.2 Å². The average molecular weight is 218 g/mol. The van der Waals surface area contributed by atoms with Crippen molar-refractivity contribution in [3.8, 4) is 6.07 Å². The maximum Gasteiger partial charge on any atom is 0.264 e. The molecule has 0 bridgehead atoms. The molecule has 16 heavy (non-hydrogen) atoms. The molecule has 0 unspecified atom stereocenters. The third-order valence-corrected chi connectivity index (χ3v) is 3.45. The minimum absolute atomic E-state index is 0.0544. The van der Waals surface area contributed by atoms with Gasteiger partial charge in [0.15, 0.2) is 0 Å². The predicted molar refractivity (Wildman–Crippen MR) is 61.4 cm³/mol. The summed E-state index contributed by atoms with van der Waals surface area (Å²) in [4.78, 5) is 13.9. The Morgan fingerprint density at radius 3 is 2.44 bits per heavy atom. The molecular formula is C13H18N2O. The van der Waals surface area contributed by atoms with E-state index in [2.05, 4.69) is 13.0 Å². The Labute approximate surface area is 96.7 Å². The molecule has 2 fully saturated rings. The SMILES string of the molecule is CC1CCN(C(=O)/C(C#N)=C/C2CC2)CC1. The molecule has 1 saturated carbocycles. The van der Waals surface area contributed by atoms with E-state index in [1.807, 2.05) is 11.0 Å². The summed E-state index contributed by atoms with van der Waals surface area (Å²) in [5, 5.41) is 8.99. The lowest BCUT2D eigenvalue weighted by atomic mass is 9.98. The minimum atomic E-state index is -0.0544. The van der Waals surface area contributed by atoms with Gasteiger partial charge >= 0.3 is 0 Å². The summed E-state index contributed by atoms with van der Waals surface area (Å²) >= 11 is 0. The lowest BCUT2D eigenvalue weighted by molar-refractivity contribution is -0.128. The highest BCUT2D eigenvalue weighted by Crippen LogP contribution is 2.31. The van der Waals surface area contributed by atoms with Gasteiger partial charge in [-0.25, -0.2) is 0 Å². The molecule has 1 aliphatic carbocycles. The van der Waals surface area contributed by atoms with Crippen molar-refractivity contribution in [2.45, 2.75) is 32.6 Å². The van der Waals surface area contributed by atoms with Crippen molar-refractivity contribution in [1.82, 2.24) is 4.90 Å². The van der Waals surface area contributed by atoms with Crippen LogP contribution in [-0.4, -0.2) is 23.9 Å². The van der Waals surface area contributed by atoms with Crippen molar-refractivity contribution >= 4 is 5.91 Å². The smallest absolute Gasteiger partial charge is 0.264 e. The first kappa shape index (κ1) is 11.2. The van der Waals surface area contributed by atoms with Crippen molar-refractivity contribution in [1.29, 1.82) is 5.26 Å². The summed E-state index contributed by atoms with van der Waals surface area (Å²) in [6.07, 6.45) is 6.26. The van der Waals surface area contributed by atoms with Gasteiger partial charge in [0.05, 0.1) is 0 Å². The van der Waals surface area contributed by atoms with Gasteiger partial charge in [-0.05, 0) is 37.5 Å². The van der Waals surface area contributed by atoms with Crippen LogP contribution >= 0.6 is 0 Å². The van der Waals surface area contributed by atoms with Gasteiger partial charge in [-0.15, -0.1) is 0 Å². The van der Waals surface area contributed by atoms with Crippen LogP contribution in [0.25, 0.3) is 0 Å². The van der Waals surface area contributed by atoms with E-state index in [1.165, 1.54) is 0 Å². The Bertz CT molecular complexity index is 341.